The predicted molar refractivity (Wildman–Crippen MR) is 156 cm³/mol. The molecule has 2 aromatic rings. The van der Waals surface area contributed by atoms with Gasteiger partial charge in [0.05, 0.1) is 24.7 Å². The van der Waals surface area contributed by atoms with Gasteiger partial charge in [-0.3, -0.25) is 9.59 Å². The van der Waals surface area contributed by atoms with Crippen molar-refractivity contribution in [3.63, 3.8) is 0 Å². The Bertz CT molecular complexity index is 1090. The molecule has 0 saturated carbocycles. The minimum absolute atomic E-state index is 0.00467. The topological polar surface area (TPSA) is 74.7 Å². The third kappa shape index (κ3) is 9.89. The second kappa shape index (κ2) is 15.9. The van der Waals surface area contributed by atoms with Crippen LogP contribution in [0.4, 0.5) is 4.39 Å². The maximum Gasteiger partial charge on any atom is 0.251 e. The van der Waals surface area contributed by atoms with E-state index in [9.17, 15) is 14.0 Å². The van der Waals surface area contributed by atoms with E-state index in [4.69, 9.17) is 11.6 Å². The van der Waals surface area contributed by atoms with Gasteiger partial charge in [-0.25, -0.2) is 4.39 Å². The zero-order valence-corrected chi connectivity index (χ0v) is 24.4. The van der Waals surface area contributed by atoms with Gasteiger partial charge >= 0.3 is 0 Å². The van der Waals surface area contributed by atoms with Crippen molar-refractivity contribution in [3.05, 3.63) is 69.5 Å². The number of carbonyl (C=O) groups is 2. The lowest BCUT2D eigenvalue weighted by Crippen LogP contribution is -3.10. The highest BCUT2D eigenvalue weighted by Gasteiger charge is 2.17. The summed E-state index contributed by atoms with van der Waals surface area (Å²) in [5, 5.41) is 9.62. The molecule has 0 spiro atoms. The van der Waals surface area contributed by atoms with E-state index in [1.54, 1.807) is 4.90 Å². The van der Waals surface area contributed by atoms with Crippen LogP contribution in [0.5, 0.6) is 0 Å². The molecular formula is C31H45ClFN4O2+. The third-order valence-electron chi connectivity index (χ3n) is 7.65. The smallest absolute Gasteiger partial charge is 0.251 e. The van der Waals surface area contributed by atoms with Gasteiger partial charge in [0, 0.05) is 42.6 Å². The summed E-state index contributed by atoms with van der Waals surface area (Å²) in [6.07, 6.45) is 7.41. The molecule has 2 unspecified atom stereocenters. The van der Waals surface area contributed by atoms with Crippen LogP contribution in [0, 0.1) is 12.7 Å². The van der Waals surface area contributed by atoms with Gasteiger partial charge in [-0.05, 0) is 87.5 Å². The molecular weight excluding hydrogens is 515 g/mol. The van der Waals surface area contributed by atoms with Gasteiger partial charge in [-0.2, -0.15) is 0 Å². The molecule has 1 aliphatic heterocycles. The van der Waals surface area contributed by atoms with E-state index in [2.05, 4.69) is 29.8 Å². The molecule has 1 fully saturated rings. The van der Waals surface area contributed by atoms with Crippen molar-refractivity contribution >= 4 is 23.4 Å². The van der Waals surface area contributed by atoms with Crippen LogP contribution in [0.1, 0.15) is 96.7 Å². The molecule has 8 heteroatoms. The van der Waals surface area contributed by atoms with Crippen molar-refractivity contribution in [2.24, 2.45) is 0 Å². The number of quaternary nitrogens is 1. The Morgan fingerprint density at radius 3 is 2.41 bits per heavy atom. The standard InChI is InChI=1S/C31H44ClFN4O2/c1-4-9-26(36-31(39)25-11-13-29(33)28(32)21-25)14-16-34-23(3)27-12-10-24(20-22(27)2)30(38)35-15-5-6-17-37-18-7-8-19-37/h10-13,20-21,23,26,34H,4-9,14-19H2,1-3H3,(H,35,38)(H,36,39)/p+1. The monoisotopic (exact) mass is 559 g/mol. The van der Waals surface area contributed by atoms with Crippen LogP contribution in [-0.4, -0.2) is 50.6 Å². The lowest BCUT2D eigenvalue weighted by molar-refractivity contribution is -0.887. The van der Waals surface area contributed by atoms with Crippen LogP contribution in [0.15, 0.2) is 36.4 Å². The van der Waals surface area contributed by atoms with Crippen molar-refractivity contribution in [1.29, 1.82) is 0 Å². The number of hydrogen-bond donors (Lipinski definition) is 4. The van der Waals surface area contributed by atoms with Crippen LogP contribution < -0.4 is 20.9 Å². The number of hydrogen-bond acceptors (Lipinski definition) is 3. The summed E-state index contributed by atoms with van der Waals surface area (Å²) in [6, 6.07) is 10.0. The largest absolute Gasteiger partial charge is 0.352 e. The molecule has 1 saturated heterocycles. The van der Waals surface area contributed by atoms with E-state index >= 15 is 0 Å². The normalized spacial score (nSPS) is 15.2. The number of carbonyl (C=O) groups excluding carboxylic acids is 2. The molecule has 0 radical (unpaired) electrons. The van der Waals surface area contributed by atoms with E-state index in [1.165, 1.54) is 50.7 Å². The van der Waals surface area contributed by atoms with Gasteiger partial charge < -0.3 is 20.9 Å². The average Bonchev–Trinajstić information content (AvgIpc) is 3.43. The van der Waals surface area contributed by atoms with Gasteiger partial charge in [0.2, 0.25) is 0 Å². The van der Waals surface area contributed by atoms with Crippen LogP contribution >= 0.6 is 11.6 Å². The number of nitrogens with one attached hydrogen (secondary N) is 4. The molecule has 2 aromatic carbocycles. The molecule has 0 bridgehead atoms. The Kier molecular flexibility index (Phi) is 12.7. The highest BCUT2D eigenvalue weighted by Crippen LogP contribution is 2.20. The summed E-state index contributed by atoms with van der Waals surface area (Å²) in [5.74, 6) is -0.801. The lowest BCUT2D eigenvalue weighted by Gasteiger charge is -2.21. The highest BCUT2D eigenvalue weighted by molar-refractivity contribution is 6.31. The summed E-state index contributed by atoms with van der Waals surface area (Å²) in [4.78, 5) is 27.0. The molecule has 39 heavy (non-hydrogen) atoms. The molecule has 0 aromatic heterocycles. The van der Waals surface area contributed by atoms with E-state index in [0.717, 1.165) is 49.8 Å². The van der Waals surface area contributed by atoms with Crippen LogP contribution in [0.2, 0.25) is 5.02 Å². The maximum absolute atomic E-state index is 13.4. The highest BCUT2D eigenvalue weighted by atomic mass is 35.5. The van der Waals surface area contributed by atoms with E-state index < -0.39 is 5.82 Å². The molecule has 6 nitrogen and oxygen atoms in total. The van der Waals surface area contributed by atoms with Gasteiger partial charge in [-0.15, -0.1) is 0 Å². The first-order chi connectivity index (χ1) is 18.8. The van der Waals surface area contributed by atoms with Crippen LogP contribution in [-0.2, 0) is 0 Å². The minimum atomic E-state index is -0.538. The zero-order valence-electron chi connectivity index (χ0n) is 23.7. The average molecular weight is 560 g/mol. The molecule has 2 atom stereocenters. The first kappa shape index (κ1) is 31.1. The Labute approximate surface area is 238 Å². The van der Waals surface area contributed by atoms with E-state index in [1.807, 2.05) is 25.1 Å². The fraction of sp³-hybridized carbons (Fsp3) is 0.548. The summed E-state index contributed by atoms with van der Waals surface area (Å²) in [5.41, 5.74) is 3.27. The fourth-order valence-corrected chi connectivity index (χ4v) is 5.54. The second-order valence-electron chi connectivity index (χ2n) is 10.8. The Morgan fingerprint density at radius 1 is 1.00 bits per heavy atom. The van der Waals surface area contributed by atoms with Gasteiger partial charge in [0.15, 0.2) is 0 Å². The lowest BCUT2D eigenvalue weighted by atomic mass is 9.99. The van der Waals surface area contributed by atoms with Crippen LogP contribution in [0.3, 0.4) is 0 Å². The maximum atomic E-state index is 13.4. The number of unbranched alkanes of at least 4 members (excludes halogenated alkanes) is 1. The SMILES string of the molecule is CCCC(CCNC(C)c1ccc(C(=O)NCCCC[NH+]2CCCC2)cc1C)NC(=O)c1ccc(F)c(Cl)c1. The second-order valence-corrected chi connectivity index (χ2v) is 11.2. The molecule has 1 heterocycles. The number of aryl methyl sites for hydroxylation is 1. The quantitative estimate of drug-likeness (QED) is 0.241. The third-order valence-corrected chi connectivity index (χ3v) is 7.94. The van der Waals surface area contributed by atoms with Gasteiger partial charge in [0.1, 0.15) is 5.82 Å². The predicted octanol–water partition coefficient (Wildman–Crippen LogP) is 4.62. The summed E-state index contributed by atoms with van der Waals surface area (Å²) in [7, 11) is 0. The van der Waals surface area contributed by atoms with Crippen LogP contribution in [0.25, 0.3) is 0 Å². The molecule has 2 amide bonds. The minimum Gasteiger partial charge on any atom is -0.352 e. The molecule has 4 N–H and O–H groups in total. The summed E-state index contributed by atoms with van der Waals surface area (Å²) in [6.45, 7) is 11.5. The molecule has 3 rings (SSSR count). The molecule has 1 aliphatic rings. The first-order valence-corrected chi connectivity index (χ1v) is 14.9. The Hall–Kier alpha value is -2.48. The van der Waals surface area contributed by atoms with Crippen molar-refractivity contribution in [3.8, 4) is 0 Å². The van der Waals surface area contributed by atoms with Gasteiger partial charge in [-0.1, -0.05) is 31.0 Å². The zero-order chi connectivity index (χ0) is 28.2. The number of benzene rings is 2. The molecule has 214 valence electrons. The number of rotatable bonds is 15. The van der Waals surface area contributed by atoms with Crippen molar-refractivity contribution in [2.75, 3.05) is 32.7 Å². The number of likely N-dealkylation sites (tertiary alicyclic amines) is 1. The van der Waals surface area contributed by atoms with Crippen molar-refractivity contribution in [2.45, 2.75) is 77.8 Å². The number of halogens is 2. The number of amides is 2. The fourth-order valence-electron chi connectivity index (χ4n) is 5.36. The van der Waals surface area contributed by atoms with E-state index in [0.29, 0.717) is 17.7 Å². The van der Waals surface area contributed by atoms with Crippen molar-refractivity contribution in [1.82, 2.24) is 16.0 Å². The Balaban J connectivity index is 1.43. The van der Waals surface area contributed by atoms with E-state index in [-0.39, 0.29) is 28.9 Å². The summed E-state index contributed by atoms with van der Waals surface area (Å²) < 4.78 is 13.4. The first-order valence-electron chi connectivity index (χ1n) is 14.5. The van der Waals surface area contributed by atoms with Gasteiger partial charge in [0.25, 0.3) is 11.8 Å². The Morgan fingerprint density at radius 2 is 1.72 bits per heavy atom. The summed E-state index contributed by atoms with van der Waals surface area (Å²) >= 11 is 5.84. The van der Waals surface area contributed by atoms with Crippen molar-refractivity contribution < 1.29 is 18.9 Å². The molecule has 0 aliphatic carbocycles.